The molecule has 2 aromatic heterocycles. The van der Waals surface area contributed by atoms with Gasteiger partial charge in [-0.25, -0.2) is 18.4 Å². The SMILES string of the molecule is COc1c(Nc2cc(C)[nH]n2)nc(Sc2ccc(S(=O)(=O)Cc3ccccc3)cc2)nc1N1CCC(N2CCN(C)CC2)CC1. The Morgan fingerprint density at radius 3 is 2.33 bits per heavy atom. The predicted molar refractivity (Wildman–Crippen MR) is 177 cm³/mol. The smallest absolute Gasteiger partial charge is 0.204 e. The van der Waals surface area contributed by atoms with Gasteiger partial charge in [0.1, 0.15) is 0 Å². The molecule has 4 aromatic rings. The van der Waals surface area contributed by atoms with Crippen LogP contribution in [0.3, 0.4) is 0 Å². The molecule has 13 heteroatoms. The Morgan fingerprint density at radius 2 is 1.69 bits per heavy atom. The Bertz CT molecular complexity index is 1680. The summed E-state index contributed by atoms with van der Waals surface area (Å²) in [4.78, 5) is 18.2. The van der Waals surface area contributed by atoms with E-state index in [0.717, 1.165) is 74.1 Å². The lowest BCUT2D eigenvalue weighted by atomic mass is 10.0. The Kier molecular flexibility index (Phi) is 9.59. The summed E-state index contributed by atoms with van der Waals surface area (Å²) in [5, 5.41) is 11.1. The molecule has 2 aliphatic heterocycles. The van der Waals surface area contributed by atoms with Crippen LogP contribution in [0.25, 0.3) is 0 Å². The van der Waals surface area contributed by atoms with Crippen LogP contribution >= 0.6 is 11.8 Å². The predicted octanol–water partition coefficient (Wildman–Crippen LogP) is 4.60. The van der Waals surface area contributed by atoms with Crippen molar-refractivity contribution in [3.05, 3.63) is 71.9 Å². The fraction of sp³-hybridized carbons (Fsp3) is 0.406. The van der Waals surface area contributed by atoms with E-state index in [1.54, 1.807) is 19.2 Å². The summed E-state index contributed by atoms with van der Waals surface area (Å²) >= 11 is 1.38. The molecule has 6 rings (SSSR count). The molecule has 0 radical (unpaired) electrons. The molecule has 238 valence electrons. The standard InChI is InChI=1S/C32H40N8O3S2/c1-23-21-28(37-36-23)33-30-29(43-3)31(40-15-13-25(14-16-40)39-19-17-38(2)18-20-39)35-32(34-30)44-26-9-11-27(12-10-26)45(41,42)22-24-7-5-4-6-8-24/h4-12,21,25H,13-20,22H2,1-3H3,(H2,33,34,35,36,37). The topological polar surface area (TPSA) is 120 Å². The molecule has 2 saturated heterocycles. The number of sulfone groups is 1. The van der Waals surface area contributed by atoms with E-state index >= 15 is 0 Å². The zero-order valence-corrected chi connectivity index (χ0v) is 27.6. The van der Waals surface area contributed by atoms with E-state index in [4.69, 9.17) is 14.7 Å². The molecule has 0 atom stereocenters. The lowest BCUT2D eigenvalue weighted by molar-refractivity contribution is 0.0980. The van der Waals surface area contributed by atoms with Gasteiger partial charge in [-0.1, -0.05) is 30.3 Å². The third-order valence-corrected chi connectivity index (χ3v) is 11.0. The Hall–Kier alpha value is -3.65. The molecule has 2 fully saturated rings. The average Bonchev–Trinajstić information content (AvgIpc) is 3.46. The third-order valence-electron chi connectivity index (χ3n) is 8.39. The van der Waals surface area contributed by atoms with Crippen LogP contribution in [0, 0.1) is 6.92 Å². The average molecular weight is 649 g/mol. The van der Waals surface area contributed by atoms with Crippen LogP contribution < -0.4 is 15.0 Å². The highest BCUT2D eigenvalue weighted by Gasteiger charge is 2.30. The number of piperazine rings is 1. The second-order valence-electron chi connectivity index (χ2n) is 11.6. The number of hydrogen-bond acceptors (Lipinski definition) is 11. The maximum Gasteiger partial charge on any atom is 0.204 e. The van der Waals surface area contributed by atoms with E-state index in [2.05, 4.69) is 37.3 Å². The van der Waals surface area contributed by atoms with Crippen molar-refractivity contribution < 1.29 is 13.2 Å². The van der Waals surface area contributed by atoms with Crippen LogP contribution in [0.4, 0.5) is 17.5 Å². The Balaban J connectivity index is 1.23. The number of hydrogen-bond donors (Lipinski definition) is 2. The molecule has 0 unspecified atom stereocenters. The summed E-state index contributed by atoms with van der Waals surface area (Å²) in [6.07, 6.45) is 2.11. The van der Waals surface area contributed by atoms with Crippen LogP contribution in [-0.4, -0.2) is 97.9 Å². The van der Waals surface area contributed by atoms with Gasteiger partial charge in [0.2, 0.25) is 5.75 Å². The molecular weight excluding hydrogens is 609 g/mol. The zero-order chi connectivity index (χ0) is 31.4. The number of benzene rings is 2. The van der Waals surface area contributed by atoms with Crippen molar-refractivity contribution in [1.82, 2.24) is 30.0 Å². The highest BCUT2D eigenvalue weighted by molar-refractivity contribution is 7.99. The first-order valence-corrected chi connectivity index (χ1v) is 17.7. The summed E-state index contributed by atoms with van der Waals surface area (Å²) in [5.41, 5.74) is 1.68. The maximum atomic E-state index is 13.0. The number of aromatic nitrogens is 4. The van der Waals surface area contributed by atoms with Gasteiger partial charge in [0, 0.05) is 62.0 Å². The van der Waals surface area contributed by atoms with Crippen molar-refractivity contribution >= 4 is 39.1 Å². The van der Waals surface area contributed by atoms with Gasteiger partial charge in [-0.15, -0.1) is 0 Å². The first kappa shape index (κ1) is 31.3. The van der Waals surface area contributed by atoms with E-state index in [1.807, 2.05) is 55.5 Å². The van der Waals surface area contributed by atoms with Crippen molar-refractivity contribution in [2.45, 2.75) is 46.5 Å². The normalized spacial score (nSPS) is 17.0. The number of likely N-dealkylation sites (N-methyl/N-ethyl adjacent to an activating group) is 1. The molecule has 2 N–H and O–H groups in total. The summed E-state index contributed by atoms with van der Waals surface area (Å²) in [6.45, 7) is 8.12. The van der Waals surface area contributed by atoms with Crippen LogP contribution in [0.2, 0.25) is 0 Å². The van der Waals surface area contributed by atoms with Crippen molar-refractivity contribution in [1.29, 1.82) is 0 Å². The lowest BCUT2D eigenvalue weighted by Gasteiger charge is -2.42. The number of H-pyrrole nitrogens is 1. The van der Waals surface area contributed by atoms with Crippen molar-refractivity contribution in [3.63, 3.8) is 0 Å². The summed E-state index contributed by atoms with van der Waals surface area (Å²) in [5.74, 6) is 2.43. The number of methoxy groups -OCH3 is 1. The largest absolute Gasteiger partial charge is 0.490 e. The molecule has 2 aromatic carbocycles. The molecular formula is C32H40N8O3S2. The van der Waals surface area contributed by atoms with Gasteiger partial charge < -0.3 is 19.9 Å². The quantitative estimate of drug-likeness (QED) is 0.235. The van der Waals surface area contributed by atoms with Crippen LogP contribution in [0.1, 0.15) is 24.1 Å². The number of rotatable bonds is 10. The fourth-order valence-corrected chi connectivity index (χ4v) is 7.98. The van der Waals surface area contributed by atoms with E-state index in [1.165, 1.54) is 11.8 Å². The van der Waals surface area contributed by atoms with Gasteiger partial charge in [-0.2, -0.15) is 5.10 Å². The molecule has 4 heterocycles. The number of aryl methyl sites for hydroxylation is 1. The summed E-state index contributed by atoms with van der Waals surface area (Å²) < 4.78 is 32.0. The molecule has 0 bridgehead atoms. The molecule has 0 amide bonds. The highest BCUT2D eigenvalue weighted by Crippen LogP contribution is 2.39. The van der Waals surface area contributed by atoms with Crippen LogP contribution in [-0.2, 0) is 15.6 Å². The van der Waals surface area contributed by atoms with Crippen LogP contribution in [0.15, 0.2) is 75.6 Å². The number of nitrogens with one attached hydrogen (secondary N) is 2. The monoisotopic (exact) mass is 648 g/mol. The third kappa shape index (κ3) is 7.60. The molecule has 0 spiro atoms. The maximum absolute atomic E-state index is 13.0. The number of aromatic amines is 1. The van der Waals surface area contributed by atoms with Gasteiger partial charge in [0.25, 0.3) is 0 Å². The minimum absolute atomic E-state index is 0.0432. The molecule has 11 nitrogen and oxygen atoms in total. The second-order valence-corrected chi connectivity index (χ2v) is 14.7. The Morgan fingerprint density at radius 1 is 0.978 bits per heavy atom. The van der Waals surface area contributed by atoms with Crippen LogP contribution in [0.5, 0.6) is 5.75 Å². The first-order chi connectivity index (χ1) is 21.8. The van der Waals surface area contributed by atoms with Crippen molar-refractivity contribution in [3.8, 4) is 5.75 Å². The summed E-state index contributed by atoms with van der Waals surface area (Å²) in [7, 11) is 0.353. The van der Waals surface area contributed by atoms with Crippen molar-refractivity contribution in [2.75, 3.05) is 63.6 Å². The minimum Gasteiger partial charge on any atom is -0.490 e. The molecule has 0 aliphatic carbocycles. The van der Waals surface area contributed by atoms with E-state index in [0.29, 0.717) is 28.6 Å². The summed E-state index contributed by atoms with van der Waals surface area (Å²) in [6, 6.07) is 18.6. The first-order valence-electron chi connectivity index (χ1n) is 15.2. The van der Waals surface area contributed by atoms with E-state index in [9.17, 15) is 8.42 Å². The van der Waals surface area contributed by atoms with Gasteiger partial charge >= 0.3 is 0 Å². The number of ether oxygens (including phenoxy) is 1. The van der Waals surface area contributed by atoms with Gasteiger partial charge in [0.05, 0.1) is 17.8 Å². The van der Waals surface area contributed by atoms with Gasteiger partial charge in [0.15, 0.2) is 32.4 Å². The van der Waals surface area contributed by atoms with E-state index < -0.39 is 9.84 Å². The van der Waals surface area contributed by atoms with Gasteiger partial charge in [-0.3, -0.25) is 10.00 Å². The second kappa shape index (κ2) is 13.8. The Labute approximate surface area is 269 Å². The zero-order valence-electron chi connectivity index (χ0n) is 25.9. The highest BCUT2D eigenvalue weighted by atomic mass is 32.2. The number of nitrogens with zero attached hydrogens (tertiary/aromatic N) is 6. The minimum atomic E-state index is -3.48. The molecule has 45 heavy (non-hydrogen) atoms. The molecule has 2 aliphatic rings. The van der Waals surface area contributed by atoms with Gasteiger partial charge in [-0.05, 0) is 68.4 Å². The molecule has 0 saturated carbocycles. The number of piperidine rings is 1. The van der Waals surface area contributed by atoms with E-state index in [-0.39, 0.29) is 10.6 Å². The van der Waals surface area contributed by atoms with Crippen molar-refractivity contribution in [2.24, 2.45) is 0 Å². The lowest BCUT2D eigenvalue weighted by Crippen LogP contribution is -2.52. The number of anilines is 3. The fourth-order valence-electron chi connectivity index (χ4n) is 5.88.